The molecule has 17 heavy (non-hydrogen) atoms. The van der Waals surface area contributed by atoms with Crippen molar-refractivity contribution in [2.24, 2.45) is 5.92 Å². The summed E-state index contributed by atoms with van der Waals surface area (Å²) in [5.41, 5.74) is 0. The Morgan fingerprint density at radius 1 is 1.41 bits per heavy atom. The van der Waals surface area contributed by atoms with Gasteiger partial charge in [0.15, 0.2) is 0 Å². The van der Waals surface area contributed by atoms with E-state index in [9.17, 15) is 8.42 Å². The summed E-state index contributed by atoms with van der Waals surface area (Å²) >= 11 is 0. The molecule has 0 aromatic rings. The first-order valence-electron chi connectivity index (χ1n) is 6.33. The van der Waals surface area contributed by atoms with Gasteiger partial charge < -0.3 is 10.2 Å². The Hall–Kier alpha value is -0.170. The summed E-state index contributed by atoms with van der Waals surface area (Å²) in [7, 11) is -0.860. The van der Waals surface area contributed by atoms with Crippen molar-refractivity contribution in [1.29, 1.82) is 0 Å². The maximum atomic E-state index is 11.5. The molecule has 2 rings (SSSR count). The Kier molecular flexibility index (Phi) is 4.07. The molecule has 0 aromatic carbocycles. The fourth-order valence-electron chi connectivity index (χ4n) is 2.62. The Morgan fingerprint density at radius 3 is 2.65 bits per heavy atom. The monoisotopic (exact) mass is 261 g/mol. The van der Waals surface area contributed by atoms with Crippen LogP contribution in [0.1, 0.15) is 12.8 Å². The molecule has 0 bridgehead atoms. The van der Waals surface area contributed by atoms with E-state index in [4.69, 9.17) is 0 Å². The maximum absolute atomic E-state index is 11.5. The third kappa shape index (κ3) is 3.40. The van der Waals surface area contributed by atoms with Crippen molar-refractivity contribution < 1.29 is 8.42 Å². The summed E-state index contributed by atoms with van der Waals surface area (Å²) in [5, 5.41) is 3.26. The fraction of sp³-hybridized carbons (Fsp3) is 1.00. The minimum Gasteiger partial charge on any atom is -0.314 e. The molecule has 0 saturated carbocycles. The fourth-order valence-corrected chi connectivity index (χ4v) is 3.56. The molecule has 2 aliphatic rings. The van der Waals surface area contributed by atoms with E-state index in [2.05, 4.69) is 17.3 Å². The van der Waals surface area contributed by atoms with Gasteiger partial charge in [-0.25, -0.2) is 12.7 Å². The highest BCUT2D eigenvalue weighted by molar-refractivity contribution is 7.88. The van der Waals surface area contributed by atoms with E-state index in [0.29, 0.717) is 25.0 Å². The van der Waals surface area contributed by atoms with Crippen LogP contribution in [0.25, 0.3) is 0 Å². The molecule has 1 N–H and O–H groups in total. The molecule has 0 aliphatic carbocycles. The topological polar surface area (TPSA) is 52.7 Å². The van der Waals surface area contributed by atoms with E-state index in [1.54, 1.807) is 4.31 Å². The molecule has 0 aromatic heterocycles. The average Bonchev–Trinajstić information content (AvgIpc) is 2.13. The summed E-state index contributed by atoms with van der Waals surface area (Å²) < 4.78 is 24.7. The van der Waals surface area contributed by atoms with Crippen LogP contribution in [-0.2, 0) is 10.0 Å². The van der Waals surface area contributed by atoms with Gasteiger partial charge in [0, 0.05) is 38.8 Å². The van der Waals surface area contributed by atoms with Crippen molar-refractivity contribution in [2.45, 2.75) is 18.9 Å². The number of likely N-dealkylation sites (N-methyl/N-ethyl adjacent to an activating group) is 1. The first-order chi connectivity index (χ1) is 7.97. The number of piperidine rings is 1. The molecule has 6 heteroatoms. The van der Waals surface area contributed by atoms with Crippen molar-refractivity contribution >= 4 is 10.0 Å². The number of hydrogen-bond acceptors (Lipinski definition) is 4. The Labute approximate surface area is 104 Å². The molecule has 2 heterocycles. The summed E-state index contributed by atoms with van der Waals surface area (Å²) in [6.07, 6.45) is 3.46. The van der Waals surface area contributed by atoms with Crippen LogP contribution in [0.4, 0.5) is 0 Å². The number of rotatable bonds is 4. The lowest BCUT2D eigenvalue weighted by Crippen LogP contribution is -2.57. The first kappa shape index (κ1) is 13.3. The highest BCUT2D eigenvalue weighted by Gasteiger charge is 2.29. The van der Waals surface area contributed by atoms with Crippen LogP contribution in [-0.4, -0.2) is 69.7 Å². The molecule has 0 amide bonds. The number of nitrogens with zero attached hydrogens (tertiary/aromatic N) is 2. The molecule has 2 saturated heterocycles. The van der Waals surface area contributed by atoms with Crippen molar-refractivity contribution in [3.8, 4) is 0 Å². The van der Waals surface area contributed by atoms with Gasteiger partial charge in [-0.15, -0.1) is 0 Å². The first-order valence-corrected chi connectivity index (χ1v) is 8.17. The smallest absolute Gasteiger partial charge is 0.211 e. The average molecular weight is 261 g/mol. The third-order valence-corrected chi connectivity index (χ3v) is 5.15. The molecule has 0 spiro atoms. The largest absolute Gasteiger partial charge is 0.314 e. The van der Waals surface area contributed by atoms with Gasteiger partial charge in [0.1, 0.15) is 0 Å². The predicted molar refractivity (Wildman–Crippen MR) is 68.4 cm³/mol. The molecule has 5 nitrogen and oxygen atoms in total. The standard InChI is InChI=1S/C11H23N3O2S/c1-13(11-6-12-7-11)8-10-4-3-5-14(9-10)17(2,15)16/h10-12H,3-9H2,1-2H3. The van der Waals surface area contributed by atoms with E-state index in [0.717, 1.165) is 32.5 Å². The minimum atomic E-state index is -3.00. The number of hydrogen-bond donors (Lipinski definition) is 1. The van der Waals surface area contributed by atoms with Gasteiger partial charge in [0.2, 0.25) is 10.0 Å². The lowest BCUT2D eigenvalue weighted by molar-refractivity contribution is 0.132. The van der Waals surface area contributed by atoms with Gasteiger partial charge in [-0.2, -0.15) is 0 Å². The van der Waals surface area contributed by atoms with Crippen LogP contribution < -0.4 is 5.32 Å². The second kappa shape index (κ2) is 5.22. The molecule has 100 valence electrons. The Balaban J connectivity index is 1.84. The molecule has 1 unspecified atom stereocenters. The summed E-state index contributed by atoms with van der Waals surface area (Å²) in [5.74, 6) is 0.490. The maximum Gasteiger partial charge on any atom is 0.211 e. The highest BCUT2D eigenvalue weighted by atomic mass is 32.2. The Bertz CT molecular complexity index is 354. The molecular weight excluding hydrogens is 238 g/mol. The van der Waals surface area contributed by atoms with E-state index >= 15 is 0 Å². The van der Waals surface area contributed by atoms with Gasteiger partial charge in [0.05, 0.1) is 6.26 Å². The van der Waals surface area contributed by atoms with Gasteiger partial charge in [0.25, 0.3) is 0 Å². The van der Waals surface area contributed by atoms with E-state index in [-0.39, 0.29) is 0 Å². The van der Waals surface area contributed by atoms with Gasteiger partial charge in [-0.05, 0) is 25.8 Å². The van der Waals surface area contributed by atoms with Crippen LogP contribution in [0, 0.1) is 5.92 Å². The lowest BCUT2D eigenvalue weighted by Gasteiger charge is -2.39. The van der Waals surface area contributed by atoms with Gasteiger partial charge in [-0.1, -0.05) is 0 Å². The lowest BCUT2D eigenvalue weighted by atomic mass is 9.98. The van der Waals surface area contributed by atoms with E-state index in [1.165, 1.54) is 6.26 Å². The molecular formula is C11H23N3O2S. The third-order valence-electron chi connectivity index (χ3n) is 3.88. The SMILES string of the molecule is CN(CC1CCCN(S(C)(=O)=O)C1)C1CNC1. The Morgan fingerprint density at radius 2 is 2.12 bits per heavy atom. The van der Waals surface area contributed by atoms with E-state index < -0.39 is 10.0 Å². The molecule has 2 fully saturated rings. The van der Waals surface area contributed by atoms with Crippen LogP contribution in [0.2, 0.25) is 0 Å². The van der Waals surface area contributed by atoms with Crippen LogP contribution in [0.15, 0.2) is 0 Å². The van der Waals surface area contributed by atoms with Crippen molar-refractivity contribution in [3.05, 3.63) is 0 Å². The second-order valence-corrected chi connectivity index (χ2v) is 7.36. The van der Waals surface area contributed by atoms with Crippen LogP contribution in [0.5, 0.6) is 0 Å². The van der Waals surface area contributed by atoms with Gasteiger partial charge >= 0.3 is 0 Å². The highest BCUT2D eigenvalue weighted by Crippen LogP contribution is 2.20. The second-order valence-electron chi connectivity index (χ2n) is 5.38. The normalized spacial score (nSPS) is 28.3. The van der Waals surface area contributed by atoms with Gasteiger partial charge in [-0.3, -0.25) is 0 Å². The summed E-state index contributed by atoms with van der Waals surface area (Å²) in [6, 6.07) is 0.642. The van der Waals surface area contributed by atoms with Crippen molar-refractivity contribution in [3.63, 3.8) is 0 Å². The predicted octanol–water partition coefficient (Wildman–Crippen LogP) is -0.438. The van der Waals surface area contributed by atoms with Crippen molar-refractivity contribution in [2.75, 3.05) is 46.0 Å². The molecule has 2 aliphatic heterocycles. The number of sulfonamides is 1. The quantitative estimate of drug-likeness (QED) is 0.745. The van der Waals surface area contributed by atoms with E-state index in [1.807, 2.05) is 0 Å². The van der Waals surface area contributed by atoms with Crippen LogP contribution in [0.3, 0.4) is 0 Å². The van der Waals surface area contributed by atoms with Crippen LogP contribution >= 0.6 is 0 Å². The zero-order valence-electron chi connectivity index (χ0n) is 10.7. The zero-order valence-corrected chi connectivity index (χ0v) is 11.5. The zero-order chi connectivity index (χ0) is 12.5. The summed E-state index contributed by atoms with van der Waals surface area (Å²) in [4.78, 5) is 2.37. The summed E-state index contributed by atoms with van der Waals surface area (Å²) in [6.45, 7) is 4.55. The number of nitrogens with one attached hydrogen (secondary N) is 1. The van der Waals surface area contributed by atoms with Crippen molar-refractivity contribution in [1.82, 2.24) is 14.5 Å². The minimum absolute atomic E-state index is 0.490. The molecule has 1 atom stereocenters. The molecule has 0 radical (unpaired) electrons.